The molecule has 9 heteroatoms. The van der Waals surface area contributed by atoms with E-state index >= 15 is 0 Å². The first-order chi connectivity index (χ1) is 9.60. The second-order valence-corrected chi connectivity index (χ2v) is 6.81. The maximum absolute atomic E-state index is 4.29. The van der Waals surface area contributed by atoms with Crippen LogP contribution < -0.4 is 5.32 Å². The highest BCUT2D eigenvalue weighted by Crippen LogP contribution is 2.22. The summed E-state index contributed by atoms with van der Waals surface area (Å²) in [5, 5.41) is 7.33. The van der Waals surface area contributed by atoms with Crippen LogP contribution in [0.3, 0.4) is 0 Å². The van der Waals surface area contributed by atoms with Crippen molar-refractivity contribution in [3.05, 3.63) is 32.9 Å². The van der Waals surface area contributed by atoms with E-state index in [1.807, 2.05) is 14.1 Å². The SMILES string of the molecule is CN=C(NCc1ncnn1C)N(C)Cc1ccc(Br)s1.I. The molecule has 2 aromatic heterocycles. The molecule has 0 bridgehead atoms. The number of nitrogens with zero attached hydrogens (tertiary/aromatic N) is 5. The fourth-order valence-electron chi connectivity index (χ4n) is 1.77. The third-order valence-electron chi connectivity index (χ3n) is 2.81. The van der Waals surface area contributed by atoms with E-state index in [4.69, 9.17) is 0 Å². The summed E-state index contributed by atoms with van der Waals surface area (Å²) in [5.41, 5.74) is 0. The second-order valence-electron chi connectivity index (χ2n) is 4.26. The largest absolute Gasteiger partial charge is 0.349 e. The molecule has 1 N–H and O–H groups in total. The molecule has 2 aromatic rings. The minimum absolute atomic E-state index is 0. The monoisotopic (exact) mass is 484 g/mol. The number of hydrogen-bond donors (Lipinski definition) is 1. The lowest BCUT2D eigenvalue weighted by molar-refractivity contribution is 0.478. The zero-order chi connectivity index (χ0) is 14.5. The smallest absolute Gasteiger partial charge is 0.194 e. The van der Waals surface area contributed by atoms with Crippen molar-refractivity contribution in [3.63, 3.8) is 0 Å². The third kappa shape index (κ3) is 5.22. The molecule has 6 nitrogen and oxygen atoms in total. The summed E-state index contributed by atoms with van der Waals surface area (Å²) >= 11 is 5.21. The Morgan fingerprint density at radius 1 is 1.52 bits per heavy atom. The van der Waals surface area contributed by atoms with Crippen LogP contribution in [0.15, 0.2) is 27.2 Å². The van der Waals surface area contributed by atoms with Gasteiger partial charge < -0.3 is 10.2 Å². The molecule has 0 fully saturated rings. The Morgan fingerprint density at radius 3 is 2.81 bits per heavy atom. The van der Waals surface area contributed by atoms with Crippen molar-refractivity contribution in [2.24, 2.45) is 12.0 Å². The summed E-state index contributed by atoms with van der Waals surface area (Å²) in [6, 6.07) is 4.17. The molecule has 0 unspecified atom stereocenters. The third-order valence-corrected chi connectivity index (χ3v) is 4.41. The lowest BCUT2D eigenvalue weighted by atomic mass is 10.4. The lowest BCUT2D eigenvalue weighted by Gasteiger charge is -2.21. The van der Waals surface area contributed by atoms with E-state index in [2.05, 4.69) is 53.4 Å². The highest BCUT2D eigenvalue weighted by Gasteiger charge is 2.09. The average molecular weight is 485 g/mol. The van der Waals surface area contributed by atoms with Crippen molar-refractivity contribution >= 4 is 57.2 Å². The van der Waals surface area contributed by atoms with E-state index in [0.717, 1.165) is 22.1 Å². The lowest BCUT2D eigenvalue weighted by Crippen LogP contribution is -2.38. The minimum Gasteiger partial charge on any atom is -0.349 e. The van der Waals surface area contributed by atoms with Crippen LogP contribution in [0, 0.1) is 0 Å². The van der Waals surface area contributed by atoms with Crippen LogP contribution in [0.4, 0.5) is 0 Å². The molecule has 0 aromatic carbocycles. The minimum atomic E-state index is 0. The van der Waals surface area contributed by atoms with E-state index < -0.39 is 0 Å². The van der Waals surface area contributed by atoms with Gasteiger partial charge in [0.15, 0.2) is 5.96 Å². The molecule has 0 saturated carbocycles. The van der Waals surface area contributed by atoms with Gasteiger partial charge in [-0.25, -0.2) is 4.98 Å². The molecule has 0 radical (unpaired) electrons. The zero-order valence-corrected chi connectivity index (χ0v) is 16.8. The van der Waals surface area contributed by atoms with Gasteiger partial charge in [0.25, 0.3) is 0 Å². The molecular formula is C12H18BrIN6S. The Hall–Kier alpha value is -0.680. The quantitative estimate of drug-likeness (QED) is 0.411. The molecule has 0 atom stereocenters. The number of hydrogen-bond acceptors (Lipinski definition) is 4. The molecule has 2 rings (SSSR count). The Balaban J connectivity index is 0.00000220. The number of aromatic nitrogens is 3. The molecule has 0 aliphatic carbocycles. The molecule has 0 aliphatic heterocycles. The van der Waals surface area contributed by atoms with Crippen molar-refractivity contribution < 1.29 is 0 Å². The maximum atomic E-state index is 4.29. The molecule has 2 heterocycles. The van der Waals surface area contributed by atoms with Gasteiger partial charge in [-0.15, -0.1) is 35.3 Å². The average Bonchev–Trinajstić information content (AvgIpc) is 3.00. The van der Waals surface area contributed by atoms with Gasteiger partial charge >= 0.3 is 0 Å². The molecule has 116 valence electrons. The van der Waals surface area contributed by atoms with Gasteiger partial charge in [0, 0.05) is 26.0 Å². The summed E-state index contributed by atoms with van der Waals surface area (Å²) in [6.45, 7) is 1.41. The number of halogens is 2. The van der Waals surface area contributed by atoms with Gasteiger partial charge in [-0.3, -0.25) is 9.67 Å². The summed E-state index contributed by atoms with van der Waals surface area (Å²) in [6.07, 6.45) is 1.55. The Kier molecular flexibility index (Phi) is 7.60. The van der Waals surface area contributed by atoms with Crippen molar-refractivity contribution in [2.45, 2.75) is 13.1 Å². The van der Waals surface area contributed by atoms with Crippen LogP contribution in [0.5, 0.6) is 0 Å². The first-order valence-electron chi connectivity index (χ1n) is 6.09. The van der Waals surface area contributed by atoms with Gasteiger partial charge in [-0.1, -0.05) is 0 Å². The van der Waals surface area contributed by atoms with Crippen LogP contribution in [0.2, 0.25) is 0 Å². The van der Waals surface area contributed by atoms with Crippen molar-refractivity contribution in [1.29, 1.82) is 0 Å². The highest BCUT2D eigenvalue weighted by atomic mass is 127. The van der Waals surface area contributed by atoms with Gasteiger partial charge in [0.2, 0.25) is 0 Å². The number of aryl methyl sites for hydroxylation is 1. The van der Waals surface area contributed by atoms with Crippen LogP contribution in [-0.4, -0.2) is 39.7 Å². The van der Waals surface area contributed by atoms with Crippen LogP contribution >= 0.6 is 51.2 Å². The maximum Gasteiger partial charge on any atom is 0.194 e. The van der Waals surface area contributed by atoms with E-state index in [1.165, 1.54) is 4.88 Å². The molecule has 0 aliphatic rings. The summed E-state index contributed by atoms with van der Waals surface area (Å²) in [7, 11) is 5.67. The highest BCUT2D eigenvalue weighted by molar-refractivity contribution is 14.0. The van der Waals surface area contributed by atoms with Crippen LogP contribution in [0.25, 0.3) is 0 Å². The molecule has 0 amide bonds. The van der Waals surface area contributed by atoms with E-state index in [-0.39, 0.29) is 24.0 Å². The fourth-order valence-corrected chi connectivity index (χ4v) is 3.31. The zero-order valence-electron chi connectivity index (χ0n) is 12.1. The van der Waals surface area contributed by atoms with Crippen molar-refractivity contribution in [2.75, 3.05) is 14.1 Å². The molecule has 0 saturated heterocycles. The van der Waals surface area contributed by atoms with Crippen LogP contribution in [0.1, 0.15) is 10.7 Å². The Labute approximate surface area is 153 Å². The van der Waals surface area contributed by atoms with Gasteiger partial charge in [-0.05, 0) is 28.1 Å². The van der Waals surface area contributed by atoms with Gasteiger partial charge in [-0.2, -0.15) is 5.10 Å². The number of rotatable bonds is 4. The first kappa shape index (κ1) is 18.4. The van der Waals surface area contributed by atoms with Crippen LogP contribution in [-0.2, 0) is 20.1 Å². The van der Waals surface area contributed by atoms with Crippen molar-refractivity contribution in [3.8, 4) is 0 Å². The predicted molar refractivity (Wildman–Crippen MR) is 100 cm³/mol. The number of guanidine groups is 1. The Bertz CT molecular complexity index is 596. The predicted octanol–water partition coefficient (Wildman–Crippen LogP) is 2.46. The first-order valence-corrected chi connectivity index (χ1v) is 7.70. The normalized spacial score (nSPS) is 11.1. The summed E-state index contributed by atoms with van der Waals surface area (Å²) in [4.78, 5) is 11.8. The topological polar surface area (TPSA) is 58.3 Å². The summed E-state index contributed by atoms with van der Waals surface area (Å²) < 4.78 is 2.89. The fraction of sp³-hybridized carbons (Fsp3) is 0.417. The number of aliphatic imine (C=N–C) groups is 1. The van der Waals surface area contributed by atoms with Crippen molar-refractivity contribution in [1.82, 2.24) is 25.0 Å². The number of nitrogens with one attached hydrogen (secondary N) is 1. The second kappa shape index (κ2) is 8.69. The van der Waals surface area contributed by atoms with E-state index in [1.54, 1.807) is 29.4 Å². The van der Waals surface area contributed by atoms with E-state index in [0.29, 0.717) is 6.54 Å². The van der Waals surface area contributed by atoms with Gasteiger partial charge in [0.05, 0.1) is 16.9 Å². The van der Waals surface area contributed by atoms with E-state index in [9.17, 15) is 0 Å². The molecular weight excluding hydrogens is 467 g/mol. The summed E-state index contributed by atoms with van der Waals surface area (Å²) in [5.74, 6) is 1.70. The Morgan fingerprint density at radius 2 is 2.29 bits per heavy atom. The van der Waals surface area contributed by atoms with Gasteiger partial charge in [0.1, 0.15) is 12.2 Å². The molecule has 21 heavy (non-hydrogen) atoms. The standard InChI is InChI=1S/C12H17BrN6S.HI/c1-14-12(15-6-11-16-8-17-19(11)3)18(2)7-9-4-5-10(13)20-9;/h4-5,8H,6-7H2,1-3H3,(H,14,15);1H. The number of thiophene rings is 1. The molecule has 0 spiro atoms.